The number of hydrogen-bond donors (Lipinski definition) is 1. The van der Waals surface area contributed by atoms with Crippen molar-refractivity contribution in [1.29, 1.82) is 0 Å². The Morgan fingerprint density at radius 3 is 2.20 bits per heavy atom. The van der Waals surface area contributed by atoms with Gasteiger partial charge in [0.1, 0.15) is 6.17 Å². The Morgan fingerprint density at radius 2 is 1.65 bits per heavy atom. The summed E-state index contributed by atoms with van der Waals surface area (Å²) in [5.41, 5.74) is 3.33. The number of amides is 1. The molecule has 0 bridgehead atoms. The van der Waals surface area contributed by atoms with Gasteiger partial charge in [-0.2, -0.15) is 0 Å². The maximum absolute atomic E-state index is 11.5. The number of aryl methyl sites for hydroxylation is 1. The van der Waals surface area contributed by atoms with Crippen LogP contribution < -0.4 is 10.2 Å². The predicted molar refractivity (Wildman–Crippen MR) is 82.6 cm³/mol. The molecule has 2 rings (SSSR count). The van der Waals surface area contributed by atoms with E-state index in [0.29, 0.717) is 0 Å². The molecule has 1 unspecified atom stereocenters. The van der Waals surface area contributed by atoms with Gasteiger partial charge in [-0.25, -0.2) is 0 Å². The van der Waals surface area contributed by atoms with Crippen LogP contribution in [-0.4, -0.2) is 13.0 Å². The van der Waals surface area contributed by atoms with Gasteiger partial charge in [-0.15, -0.1) is 0 Å². The second kappa shape index (κ2) is 6.24. The van der Waals surface area contributed by atoms with Crippen molar-refractivity contribution in [2.24, 2.45) is 0 Å². The van der Waals surface area contributed by atoms with Crippen LogP contribution in [0.2, 0.25) is 0 Å². The van der Waals surface area contributed by atoms with Gasteiger partial charge in [0, 0.05) is 19.7 Å². The van der Waals surface area contributed by atoms with E-state index in [1.807, 2.05) is 37.4 Å². The third kappa shape index (κ3) is 3.38. The van der Waals surface area contributed by atoms with Gasteiger partial charge in [0.25, 0.3) is 0 Å². The quantitative estimate of drug-likeness (QED) is 0.863. The average molecular weight is 268 g/mol. The Morgan fingerprint density at radius 1 is 1.05 bits per heavy atom. The summed E-state index contributed by atoms with van der Waals surface area (Å²) in [6.07, 6.45) is -0.171. The van der Waals surface area contributed by atoms with Crippen LogP contribution in [0.15, 0.2) is 54.6 Å². The van der Waals surface area contributed by atoms with Crippen molar-refractivity contribution in [2.75, 3.05) is 11.9 Å². The van der Waals surface area contributed by atoms with E-state index >= 15 is 0 Å². The second-order valence-electron chi connectivity index (χ2n) is 4.96. The van der Waals surface area contributed by atoms with Crippen LogP contribution in [-0.2, 0) is 4.79 Å². The summed E-state index contributed by atoms with van der Waals surface area (Å²) >= 11 is 0. The van der Waals surface area contributed by atoms with Crippen LogP contribution in [0.5, 0.6) is 0 Å². The highest BCUT2D eigenvalue weighted by Crippen LogP contribution is 2.23. The fraction of sp³-hybridized carbons (Fsp3) is 0.235. The zero-order valence-corrected chi connectivity index (χ0v) is 12.1. The summed E-state index contributed by atoms with van der Waals surface area (Å²) in [7, 11) is 1.98. The van der Waals surface area contributed by atoms with Gasteiger partial charge in [0.2, 0.25) is 5.91 Å². The zero-order chi connectivity index (χ0) is 14.5. The molecule has 0 spiro atoms. The predicted octanol–water partition coefficient (Wildman–Crippen LogP) is 3.27. The molecule has 0 saturated carbocycles. The monoisotopic (exact) mass is 268 g/mol. The third-order valence-corrected chi connectivity index (χ3v) is 3.28. The largest absolute Gasteiger partial charge is 0.351 e. The Hall–Kier alpha value is -2.29. The first-order chi connectivity index (χ1) is 9.58. The molecule has 0 aromatic heterocycles. The summed E-state index contributed by atoms with van der Waals surface area (Å²) in [5, 5.41) is 3.00. The summed E-state index contributed by atoms with van der Waals surface area (Å²) in [6.45, 7) is 3.60. The number of anilines is 1. The molecular weight excluding hydrogens is 248 g/mol. The van der Waals surface area contributed by atoms with Gasteiger partial charge in [0.05, 0.1) is 0 Å². The fourth-order valence-corrected chi connectivity index (χ4v) is 2.16. The first-order valence-corrected chi connectivity index (χ1v) is 6.69. The molecule has 0 aliphatic rings. The topological polar surface area (TPSA) is 32.3 Å². The summed E-state index contributed by atoms with van der Waals surface area (Å²) < 4.78 is 0. The Kier molecular flexibility index (Phi) is 4.41. The third-order valence-electron chi connectivity index (χ3n) is 3.28. The van der Waals surface area contributed by atoms with Crippen molar-refractivity contribution in [3.63, 3.8) is 0 Å². The molecule has 0 radical (unpaired) electrons. The second-order valence-corrected chi connectivity index (χ2v) is 4.96. The molecule has 0 aliphatic heterocycles. The zero-order valence-electron chi connectivity index (χ0n) is 12.1. The molecule has 3 nitrogen and oxygen atoms in total. The van der Waals surface area contributed by atoms with E-state index in [0.717, 1.165) is 11.3 Å². The number of benzene rings is 2. The van der Waals surface area contributed by atoms with Gasteiger partial charge in [-0.1, -0.05) is 48.0 Å². The van der Waals surface area contributed by atoms with Crippen LogP contribution in [0.25, 0.3) is 0 Å². The molecule has 1 atom stereocenters. The number of nitrogens with one attached hydrogen (secondary N) is 1. The van der Waals surface area contributed by atoms with E-state index in [1.165, 1.54) is 5.56 Å². The molecule has 1 amide bonds. The molecule has 0 heterocycles. The van der Waals surface area contributed by atoms with Crippen molar-refractivity contribution in [2.45, 2.75) is 20.0 Å². The molecule has 20 heavy (non-hydrogen) atoms. The minimum Gasteiger partial charge on any atom is -0.351 e. The maximum atomic E-state index is 11.5. The van der Waals surface area contributed by atoms with Gasteiger partial charge < -0.3 is 10.2 Å². The van der Waals surface area contributed by atoms with Gasteiger partial charge in [0.15, 0.2) is 0 Å². The van der Waals surface area contributed by atoms with Crippen molar-refractivity contribution in [3.05, 3.63) is 65.7 Å². The number of carbonyl (C=O) groups excluding carboxylic acids is 1. The smallest absolute Gasteiger partial charge is 0.218 e. The van der Waals surface area contributed by atoms with Gasteiger partial charge in [-0.05, 0) is 24.6 Å². The molecule has 0 saturated heterocycles. The van der Waals surface area contributed by atoms with Crippen molar-refractivity contribution in [3.8, 4) is 0 Å². The Balaban J connectivity index is 2.32. The number of rotatable bonds is 4. The van der Waals surface area contributed by atoms with E-state index in [-0.39, 0.29) is 12.1 Å². The van der Waals surface area contributed by atoms with Crippen LogP contribution in [0.4, 0.5) is 5.69 Å². The summed E-state index contributed by atoms with van der Waals surface area (Å²) in [4.78, 5) is 13.6. The normalized spacial score (nSPS) is 11.8. The number of hydrogen-bond acceptors (Lipinski definition) is 2. The molecule has 104 valence electrons. The first-order valence-electron chi connectivity index (χ1n) is 6.69. The number of para-hydroxylation sites is 1. The first kappa shape index (κ1) is 14.1. The van der Waals surface area contributed by atoms with E-state index in [1.54, 1.807) is 6.92 Å². The lowest BCUT2D eigenvalue weighted by Crippen LogP contribution is -2.38. The molecule has 0 aliphatic carbocycles. The van der Waals surface area contributed by atoms with Gasteiger partial charge >= 0.3 is 0 Å². The highest BCUT2D eigenvalue weighted by atomic mass is 16.1. The van der Waals surface area contributed by atoms with E-state index in [4.69, 9.17) is 0 Å². The maximum Gasteiger partial charge on any atom is 0.218 e. The molecule has 1 N–H and O–H groups in total. The van der Waals surface area contributed by atoms with Crippen LogP contribution in [0, 0.1) is 6.92 Å². The van der Waals surface area contributed by atoms with Crippen molar-refractivity contribution in [1.82, 2.24) is 5.32 Å². The highest BCUT2D eigenvalue weighted by Gasteiger charge is 2.18. The van der Waals surface area contributed by atoms with Crippen molar-refractivity contribution >= 4 is 11.6 Å². The molecule has 3 heteroatoms. The lowest BCUT2D eigenvalue weighted by Gasteiger charge is -2.31. The minimum atomic E-state index is -0.171. The van der Waals surface area contributed by atoms with E-state index < -0.39 is 0 Å². The highest BCUT2D eigenvalue weighted by molar-refractivity contribution is 5.74. The standard InChI is InChI=1S/C17H20N2O/c1-13-9-11-15(12-10-13)17(18-14(2)20)19(3)16-7-5-4-6-8-16/h4-12,17H,1-3H3,(H,18,20). The number of nitrogens with zero attached hydrogens (tertiary/aromatic N) is 1. The van der Waals surface area contributed by atoms with Crippen LogP contribution in [0.3, 0.4) is 0 Å². The number of carbonyl (C=O) groups is 1. The lowest BCUT2D eigenvalue weighted by molar-refractivity contribution is -0.119. The van der Waals surface area contributed by atoms with Crippen molar-refractivity contribution < 1.29 is 4.79 Å². The lowest BCUT2D eigenvalue weighted by atomic mass is 10.1. The molecule has 0 fully saturated rings. The SMILES string of the molecule is CC(=O)NC(c1ccc(C)cc1)N(C)c1ccccc1. The molecule has 2 aromatic rings. The van der Waals surface area contributed by atoms with Crippen LogP contribution >= 0.6 is 0 Å². The van der Waals surface area contributed by atoms with Crippen LogP contribution in [0.1, 0.15) is 24.2 Å². The van der Waals surface area contributed by atoms with Gasteiger partial charge in [-0.3, -0.25) is 4.79 Å². The van der Waals surface area contributed by atoms with E-state index in [2.05, 4.69) is 41.4 Å². The Labute approximate surface area is 120 Å². The molecule has 2 aromatic carbocycles. The summed E-state index contributed by atoms with van der Waals surface area (Å²) in [5.74, 6) is -0.0432. The average Bonchev–Trinajstić information content (AvgIpc) is 2.46. The van der Waals surface area contributed by atoms with E-state index in [9.17, 15) is 4.79 Å². The minimum absolute atomic E-state index is 0.0432. The fourth-order valence-electron chi connectivity index (χ4n) is 2.16. The Bertz CT molecular complexity index is 563. The summed E-state index contributed by atoms with van der Waals surface area (Å²) in [6, 6.07) is 18.2. The molecular formula is C17H20N2O.